The number of ether oxygens (including phenoxy) is 1. The molecule has 0 atom stereocenters. The van der Waals surface area contributed by atoms with Crippen LogP contribution in [0.25, 0.3) is 0 Å². The minimum atomic E-state index is 0.0858. The predicted molar refractivity (Wildman–Crippen MR) is 71.8 cm³/mol. The van der Waals surface area contributed by atoms with Gasteiger partial charge in [-0.25, -0.2) is 0 Å². The Hall–Kier alpha value is -2.09. The number of Topliss-reactive ketones (excluding diaryl/α,β-unsaturated/α-hetero) is 1. The molecular formula is C16H16O2. The Kier molecular flexibility index (Phi) is 4.13. The van der Waals surface area contributed by atoms with Crippen LogP contribution >= 0.6 is 0 Å². The zero-order chi connectivity index (χ0) is 12.8. The van der Waals surface area contributed by atoms with Crippen LogP contribution in [0.2, 0.25) is 0 Å². The van der Waals surface area contributed by atoms with Crippen LogP contribution in [0.1, 0.15) is 11.1 Å². The fourth-order valence-corrected chi connectivity index (χ4v) is 1.74. The SMILES string of the molecule is Cc1cccc(OCC(=O)Cc2ccccc2)c1. The molecule has 0 bridgehead atoms. The van der Waals surface area contributed by atoms with Gasteiger partial charge < -0.3 is 4.74 Å². The first-order valence-corrected chi connectivity index (χ1v) is 5.99. The van der Waals surface area contributed by atoms with Crippen LogP contribution in [-0.4, -0.2) is 12.4 Å². The molecule has 2 rings (SSSR count). The molecule has 0 N–H and O–H groups in total. The lowest BCUT2D eigenvalue weighted by atomic mass is 10.1. The third-order valence-corrected chi connectivity index (χ3v) is 2.63. The molecule has 2 heteroatoms. The largest absolute Gasteiger partial charge is 0.486 e. The van der Waals surface area contributed by atoms with Crippen molar-refractivity contribution in [1.82, 2.24) is 0 Å². The molecule has 0 aromatic heterocycles. The summed E-state index contributed by atoms with van der Waals surface area (Å²) in [6.45, 7) is 2.12. The molecule has 0 aliphatic carbocycles. The van der Waals surface area contributed by atoms with Crippen molar-refractivity contribution >= 4 is 5.78 Å². The molecule has 18 heavy (non-hydrogen) atoms. The molecular weight excluding hydrogens is 224 g/mol. The van der Waals surface area contributed by atoms with Gasteiger partial charge in [-0.1, -0.05) is 42.5 Å². The van der Waals surface area contributed by atoms with E-state index in [2.05, 4.69) is 0 Å². The Morgan fingerprint density at radius 1 is 1.06 bits per heavy atom. The summed E-state index contributed by atoms with van der Waals surface area (Å²) in [4.78, 5) is 11.7. The highest BCUT2D eigenvalue weighted by molar-refractivity contribution is 5.82. The molecule has 2 nitrogen and oxygen atoms in total. The molecule has 0 unspecified atom stereocenters. The van der Waals surface area contributed by atoms with E-state index < -0.39 is 0 Å². The fraction of sp³-hybridized carbons (Fsp3) is 0.188. The van der Waals surface area contributed by atoms with Crippen molar-refractivity contribution in [2.24, 2.45) is 0 Å². The van der Waals surface area contributed by atoms with Crippen molar-refractivity contribution in [1.29, 1.82) is 0 Å². The Bertz CT molecular complexity index is 518. The van der Waals surface area contributed by atoms with E-state index >= 15 is 0 Å². The van der Waals surface area contributed by atoms with E-state index in [0.717, 1.165) is 16.9 Å². The number of ketones is 1. The highest BCUT2D eigenvalue weighted by Crippen LogP contribution is 2.12. The van der Waals surface area contributed by atoms with Gasteiger partial charge in [0.15, 0.2) is 5.78 Å². The van der Waals surface area contributed by atoms with Crippen LogP contribution in [-0.2, 0) is 11.2 Å². The first-order valence-electron chi connectivity index (χ1n) is 5.99. The van der Waals surface area contributed by atoms with E-state index in [1.807, 2.05) is 61.5 Å². The van der Waals surface area contributed by atoms with Crippen molar-refractivity contribution in [2.45, 2.75) is 13.3 Å². The minimum Gasteiger partial charge on any atom is -0.486 e. The van der Waals surface area contributed by atoms with Gasteiger partial charge in [0.05, 0.1) is 0 Å². The van der Waals surface area contributed by atoms with Crippen molar-refractivity contribution in [3.05, 3.63) is 65.7 Å². The maximum Gasteiger partial charge on any atom is 0.174 e. The van der Waals surface area contributed by atoms with Crippen LogP contribution in [0.15, 0.2) is 54.6 Å². The smallest absolute Gasteiger partial charge is 0.174 e. The maximum absolute atomic E-state index is 11.7. The second-order valence-electron chi connectivity index (χ2n) is 4.31. The summed E-state index contributed by atoms with van der Waals surface area (Å²) in [7, 11) is 0. The van der Waals surface area contributed by atoms with Crippen LogP contribution in [0.3, 0.4) is 0 Å². The van der Waals surface area contributed by atoms with Crippen LogP contribution in [0, 0.1) is 6.92 Å². The topological polar surface area (TPSA) is 26.3 Å². The maximum atomic E-state index is 11.7. The summed E-state index contributed by atoms with van der Waals surface area (Å²) in [5, 5.41) is 0. The Balaban J connectivity index is 1.85. The number of rotatable bonds is 5. The fourth-order valence-electron chi connectivity index (χ4n) is 1.74. The van der Waals surface area contributed by atoms with E-state index in [4.69, 9.17) is 4.74 Å². The van der Waals surface area contributed by atoms with Crippen LogP contribution in [0.5, 0.6) is 5.75 Å². The second kappa shape index (κ2) is 6.01. The zero-order valence-electron chi connectivity index (χ0n) is 10.4. The van der Waals surface area contributed by atoms with E-state index in [9.17, 15) is 4.79 Å². The molecule has 0 radical (unpaired) electrons. The molecule has 0 saturated carbocycles. The van der Waals surface area contributed by atoms with Crippen LogP contribution in [0.4, 0.5) is 0 Å². The normalized spacial score (nSPS) is 10.1. The quantitative estimate of drug-likeness (QED) is 0.802. The molecule has 0 amide bonds. The van der Waals surface area contributed by atoms with Crippen molar-refractivity contribution in [2.75, 3.05) is 6.61 Å². The molecule has 0 spiro atoms. The Morgan fingerprint density at radius 3 is 2.56 bits per heavy atom. The molecule has 0 aliphatic rings. The lowest BCUT2D eigenvalue weighted by Crippen LogP contribution is -2.13. The van der Waals surface area contributed by atoms with E-state index in [-0.39, 0.29) is 12.4 Å². The monoisotopic (exact) mass is 240 g/mol. The van der Waals surface area contributed by atoms with Gasteiger partial charge in [-0.15, -0.1) is 0 Å². The number of aryl methyl sites for hydroxylation is 1. The summed E-state index contributed by atoms with van der Waals surface area (Å²) in [6.07, 6.45) is 0.423. The van der Waals surface area contributed by atoms with Crippen molar-refractivity contribution in [3.63, 3.8) is 0 Å². The first kappa shape index (κ1) is 12.4. The Labute approximate surface area is 107 Å². The molecule has 0 aliphatic heterocycles. The second-order valence-corrected chi connectivity index (χ2v) is 4.31. The third-order valence-electron chi connectivity index (χ3n) is 2.63. The summed E-state index contributed by atoms with van der Waals surface area (Å²) in [5.41, 5.74) is 2.15. The predicted octanol–water partition coefficient (Wildman–Crippen LogP) is 3.19. The van der Waals surface area contributed by atoms with Gasteiger partial charge in [-0.2, -0.15) is 0 Å². The summed E-state index contributed by atoms with van der Waals surface area (Å²) in [6, 6.07) is 17.4. The summed E-state index contributed by atoms with van der Waals surface area (Å²) in [5.74, 6) is 0.833. The molecule has 0 fully saturated rings. The highest BCUT2D eigenvalue weighted by atomic mass is 16.5. The molecule has 0 heterocycles. The standard InChI is InChI=1S/C16H16O2/c1-13-6-5-9-16(10-13)18-12-15(17)11-14-7-3-2-4-8-14/h2-10H,11-12H2,1H3. The van der Waals surface area contributed by atoms with E-state index in [1.54, 1.807) is 0 Å². The van der Waals surface area contributed by atoms with Gasteiger partial charge in [0.25, 0.3) is 0 Å². The number of hydrogen-bond acceptors (Lipinski definition) is 2. The van der Waals surface area contributed by atoms with Gasteiger partial charge in [-0.05, 0) is 30.2 Å². The summed E-state index contributed by atoms with van der Waals surface area (Å²) >= 11 is 0. The average molecular weight is 240 g/mol. The van der Waals surface area contributed by atoms with Gasteiger partial charge >= 0.3 is 0 Å². The number of hydrogen-bond donors (Lipinski definition) is 0. The van der Waals surface area contributed by atoms with Crippen molar-refractivity contribution in [3.8, 4) is 5.75 Å². The van der Waals surface area contributed by atoms with Gasteiger partial charge in [0.2, 0.25) is 0 Å². The molecule has 0 saturated heterocycles. The number of carbonyl (C=O) groups excluding carboxylic acids is 1. The Morgan fingerprint density at radius 2 is 1.83 bits per heavy atom. The van der Waals surface area contributed by atoms with Gasteiger partial charge in [0, 0.05) is 6.42 Å². The lowest BCUT2D eigenvalue weighted by molar-refractivity contribution is -0.120. The molecule has 2 aromatic carbocycles. The number of benzene rings is 2. The highest BCUT2D eigenvalue weighted by Gasteiger charge is 2.04. The van der Waals surface area contributed by atoms with Gasteiger partial charge in [0.1, 0.15) is 12.4 Å². The van der Waals surface area contributed by atoms with E-state index in [0.29, 0.717) is 6.42 Å². The first-order chi connectivity index (χ1) is 8.74. The zero-order valence-corrected chi connectivity index (χ0v) is 10.4. The molecule has 2 aromatic rings. The minimum absolute atomic E-state index is 0.0858. The van der Waals surface area contributed by atoms with Crippen molar-refractivity contribution < 1.29 is 9.53 Å². The summed E-state index contributed by atoms with van der Waals surface area (Å²) < 4.78 is 5.47. The lowest BCUT2D eigenvalue weighted by Gasteiger charge is -2.06. The molecule has 92 valence electrons. The van der Waals surface area contributed by atoms with Gasteiger partial charge in [-0.3, -0.25) is 4.79 Å². The third kappa shape index (κ3) is 3.74. The average Bonchev–Trinajstić information content (AvgIpc) is 2.38. The number of carbonyl (C=O) groups is 1. The van der Waals surface area contributed by atoms with E-state index in [1.165, 1.54) is 0 Å². The van der Waals surface area contributed by atoms with Crippen LogP contribution < -0.4 is 4.74 Å².